The third-order valence-electron chi connectivity index (χ3n) is 2.42. The minimum atomic E-state index is -3.75. The summed E-state index contributed by atoms with van der Waals surface area (Å²) in [5.41, 5.74) is 0.396. The Bertz CT molecular complexity index is 715. The van der Waals surface area contributed by atoms with Gasteiger partial charge in [0.25, 0.3) is 10.0 Å². The van der Waals surface area contributed by atoms with Gasteiger partial charge in [-0.05, 0) is 53.3 Å². The van der Waals surface area contributed by atoms with E-state index in [1.54, 1.807) is 31.3 Å². The normalized spacial score (nSPS) is 11.6. The van der Waals surface area contributed by atoms with Crippen molar-refractivity contribution >= 4 is 43.2 Å². The van der Waals surface area contributed by atoms with Crippen LogP contribution in [0.2, 0.25) is 5.02 Å². The smallest absolute Gasteiger partial charge is 0.295 e. The fourth-order valence-corrected chi connectivity index (χ4v) is 3.04. The molecular weight excluding hydrogens is 368 g/mol. The molecule has 0 saturated heterocycles. The summed E-state index contributed by atoms with van der Waals surface area (Å²) in [7, 11) is -2.00. The van der Waals surface area contributed by atoms with Crippen molar-refractivity contribution in [3.63, 3.8) is 0 Å². The number of nitrogens with one attached hydrogen (secondary N) is 2. The van der Waals surface area contributed by atoms with E-state index in [4.69, 9.17) is 16.0 Å². The lowest BCUT2D eigenvalue weighted by atomic mass is 10.3. The molecule has 2 aromatic rings. The van der Waals surface area contributed by atoms with Gasteiger partial charge in [-0.25, -0.2) is 0 Å². The van der Waals surface area contributed by atoms with Crippen LogP contribution in [-0.2, 0) is 16.6 Å². The van der Waals surface area contributed by atoms with E-state index in [2.05, 4.69) is 26.0 Å². The molecule has 0 amide bonds. The van der Waals surface area contributed by atoms with Gasteiger partial charge in [0.05, 0.1) is 17.3 Å². The van der Waals surface area contributed by atoms with E-state index < -0.39 is 10.0 Å². The summed E-state index contributed by atoms with van der Waals surface area (Å²) in [5.74, 6) is 0.546. The van der Waals surface area contributed by atoms with Crippen LogP contribution < -0.4 is 10.0 Å². The number of halogens is 2. The first-order valence-electron chi connectivity index (χ1n) is 5.63. The minimum Gasteiger partial charge on any atom is -0.446 e. The van der Waals surface area contributed by atoms with Gasteiger partial charge in [0.15, 0.2) is 0 Å². The first kappa shape index (κ1) is 15.4. The summed E-state index contributed by atoms with van der Waals surface area (Å²) in [4.78, 5) is 0. The standard InChI is InChI=1S/C12H12BrClN2O3S/c1-15-7-9-3-5-12(19-9)20(17,18)16-8-2-4-11(14)10(13)6-8/h2-6,15-16H,7H2,1H3. The average Bonchev–Trinajstić information content (AvgIpc) is 2.83. The SMILES string of the molecule is CNCc1ccc(S(=O)(=O)Nc2ccc(Cl)c(Br)c2)o1. The summed E-state index contributed by atoms with van der Waals surface area (Å²) in [6.45, 7) is 0.460. The second-order valence-corrected chi connectivity index (χ2v) is 6.86. The molecule has 0 atom stereocenters. The number of benzene rings is 1. The molecule has 0 bridgehead atoms. The molecule has 0 saturated carbocycles. The number of hydrogen-bond donors (Lipinski definition) is 2. The molecule has 1 aromatic heterocycles. The summed E-state index contributed by atoms with van der Waals surface area (Å²) < 4.78 is 32.6. The molecule has 0 fully saturated rings. The molecule has 1 heterocycles. The molecule has 0 radical (unpaired) electrons. The van der Waals surface area contributed by atoms with Crippen LogP contribution in [0.1, 0.15) is 5.76 Å². The molecule has 0 unspecified atom stereocenters. The molecule has 0 aliphatic heterocycles. The van der Waals surface area contributed by atoms with Crippen molar-refractivity contribution in [3.8, 4) is 0 Å². The Hall–Kier alpha value is -1.02. The Morgan fingerprint density at radius 3 is 2.70 bits per heavy atom. The lowest BCUT2D eigenvalue weighted by Crippen LogP contribution is -2.12. The van der Waals surface area contributed by atoms with Crippen LogP contribution in [0.3, 0.4) is 0 Å². The van der Waals surface area contributed by atoms with Gasteiger partial charge < -0.3 is 9.73 Å². The van der Waals surface area contributed by atoms with Gasteiger partial charge in [0, 0.05) is 4.47 Å². The molecule has 20 heavy (non-hydrogen) atoms. The van der Waals surface area contributed by atoms with Gasteiger partial charge in [-0.1, -0.05) is 11.6 Å². The van der Waals surface area contributed by atoms with Crippen LogP contribution in [0.15, 0.2) is 44.3 Å². The monoisotopic (exact) mass is 378 g/mol. The van der Waals surface area contributed by atoms with Crippen LogP contribution in [0.4, 0.5) is 5.69 Å². The largest absolute Gasteiger partial charge is 0.446 e. The molecule has 2 rings (SSSR count). The average molecular weight is 380 g/mol. The van der Waals surface area contributed by atoms with Gasteiger partial charge in [-0.2, -0.15) is 8.42 Å². The number of rotatable bonds is 5. The number of sulfonamides is 1. The lowest BCUT2D eigenvalue weighted by Gasteiger charge is -2.06. The van der Waals surface area contributed by atoms with Crippen molar-refractivity contribution in [1.29, 1.82) is 0 Å². The minimum absolute atomic E-state index is 0.131. The highest BCUT2D eigenvalue weighted by Gasteiger charge is 2.19. The maximum atomic E-state index is 12.1. The highest BCUT2D eigenvalue weighted by Crippen LogP contribution is 2.27. The fraction of sp³-hybridized carbons (Fsp3) is 0.167. The van der Waals surface area contributed by atoms with Crippen LogP contribution in [0, 0.1) is 0 Å². The molecule has 0 aliphatic carbocycles. The second-order valence-electron chi connectivity index (χ2n) is 3.99. The molecule has 0 spiro atoms. The molecular formula is C12H12BrClN2O3S. The lowest BCUT2D eigenvalue weighted by molar-refractivity contribution is 0.408. The zero-order valence-electron chi connectivity index (χ0n) is 10.5. The van der Waals surface area contributed by atoms with Crippen LogP contribution in [0.25, 0.3) is 0 Å². The van der Waals surface area contributed by atoms with Gasteiger partial charge in [-0.15, -0.1) is 0 Å². The van der Waals surface area contributed by atoms with Gasteiger partial charge >= 0.3 is 0 Å². The van der Waals surface area contributed by atoms with E-state index >= 15 is 0 Å². The number of furan rings is 1. The van der Waals surface area contributed by atoms with Gasteiger partial charge in [-0.3, -0.25) is 4.72 Å². The maximum absolute atomic E-state index is 12.1. The van der Waals surface area contributed by atoms with Crippen molar-refractivity contribution in [2.45, 2.75) is 11.6 Å². The topological polar surface area (TPSA) is 71.3 Å². The summed E-state index contributed by atoms with van der Waals surface area (Å²) >= 11 is 9.09. The second kappa shape index (κ2) is 6.17. The Labute approximate surface area is 130 Å². The van der Waals surface area contributed by atoms with Crippen molar-refractivity contribution < 1.29 is 12.8 Å². The Morgan fingerprint density at radius 2 is 2.05 bits per heavy atom. The van der Waals surface area contributed by atoms with Crippen molar-refractivity contribution in [1.82, 2.24) is 5.32 Å². The van der Waals surface area contributed by atoms with Crippen molar-refractivity contribution in [3.05, 3.63) is 45.6 Å². The predicted molar refractivity (Wildman–Crippen MR) is 81.4 cm³/mol. The van der Waals surface area contributed by atoms with Gasteiger partial charge in [0.2, 0.25) is 5.09 Å². The summed E-state index contributed by atoms with van der Waals surface area (Å²) in [6, 6.07) is 7.78. The molecule has 1 aromatic carbocycles. The summed E-state index contributed by atoms with van der Waals surface area (Å²) in [6.07, 6.45) is 0. The van der Waals surface area contributed by atoms with E-state index in [1.807, 2.05) is 0 Å². The van der Waals surface area contributed by atoms with E-state index in [1.165, 1.54) is 6.07 Å². The molecule has 108 valence electrons. The zero-order valence-corrected chi connectivity index (χ0v) is 13.6. The highest BCUT2D eigenvalue weighted by molar-refractivity contribution is 9.10. The zero-order chi connectivity index (χ0) is 14.8. The molecule has 5 nitrogen and oxygen atoms in total. The Balaban J connectivity index is 2.23. The Kier molecular flexibility index (Phi) is 4.74. The highest BCUT2D eigenvalue weighted by atomic mass is 79.9. The molecule has 8 heteroatoms. The maximum Gasteiger partial charge on any atom is 0.295 e. The van der Waals surface area contributed by atoms with Crippen LogP contribution in [-0.4, -0.2) is 15.5 Å². The van der Waals surface area contributed by atoms with Crippen molar-refractivity contribution in [2.24, 2.45) is 0 Å². The van der Waals surface area contributed by atoms with E-state index in [9.17, 15) is 8.42 Å². The fourth-order valence-electron chi connectivity index (χ4n) is 1.54. The first-order chi connectivity index (χ1) is 9.42. The van der Waals surface area contributed by atoms with Crippen LogP contribution in [0.5, 0.6) is 0 Å². The first-order valence-corrected chi connectivity index (χ1v) is 8.29. The van der Waals surface area contributed by atoms with E-state index in [0.717, 1.165) is 0 Å². The third kappa shape index (κ3) is 3.54. The summed E-state index contributed by atoms with van der Waals surface area (Å²) in [5, 5.41) is 3.25. The predicted octanol–water partition coefficient (Wildman–Crippen LogP) is 3.22. The van der Waals surface area contributed by atoms with Crippen molar-refractivity contribution in [2.75, 3.05) is 11.8 Å². The molecule has 0 aliphatic rings. The number of anilines is 1. The van der Waals surface area contributed by atoms with Crippen LogP contribution >= 0.6 is 27.5 Å². The third-order valence-corrected chi connectivity index (χ3v) is 4.89. The number of hydrogen-bond acceptors (Lipinski definition) is 4. The molecule has 2 N–H and O–H groups in total. The van der Waals surface area contributed by atoms with E-state index in [0.29, 0.717) is 27.5 Å². The Morgan fingerprint density at radius 1 is 1.30 bits per heavy atom. The van der Waals surface area contributed by atoms with Gasteiger partial charge in [0.1, 0.15) is 5.76 Å². The quantitative estimate of drug-likeness (QED) is 0.837. The van der Waals surface area contributed by atoms with E-state index in [-0.39, 0.29) is 5.09 Å².